The van der Waals surface area contributed by atoms with E-state index in [9.17, 15) is 13.6 Å². The fraction of sp³-hybridized carbons (Fsp3) is 0.316. The number of halogens is 2. The van der Waals surface area contributed by atoms with Crippen LogP contribution in [0.3, 0.4) is 0 Å². The maximum Gasteiger partial charge on any atom is 0.249 e. The Morgan fingerprint density at radius 2 is 2.04 bits per heavy atom. The van der Waals surface area contributed by atoms with Gasteiger partial charge in [0, 0.05) is 55.3 Å². The largest absolute Gasteiger partial charge is 0.348 e. The van der Waals surface area contributed by atoms with Crippen molar-refractivity contribution in [2.24, 2.45) is 0 Å². The van der Waals surface area contributed by atoms with Crippen molar-refractivity contribution in [2.75, 3.05) is 26.3 Å². The van der Waals surface area contributed by atoms with Gasteiger partial charge in [-0.3, -0.25) is 14.7 Å². The number of hydrazine groups is 1. The van der Waals surface area contributed by atoms with Crippen molar-refractivity contribution in [3.63, 3.8) is 0 Å². The number of hydrogen-bond donors (Lipinski definition) is 1. The molecule has 136 valence electrons. The second-order valence-corrected chi connectivity index (χ2v) is 6.63. The highest BCUT2D eigenvalue weighted by atomic mass is 19.1. The van der Waals surface area contributed by atoms with Gasteiger partial charge in [-0.05, 0) is 12.5 Å². The molecule has 1 aromatic rings. The molecule has 2 bridgehead atoms. The first kappa shape index (κ1) is 16.9. The Labute approximate surface area is 150 Å². The zero-order valence-corrected chi connectivity index (χ0v) is 14.3. The van der Waals surface area contributed by atoms with Gasteiger partial charge in [-0.2, -0.15) is 5.01 Å². The highest BCUT2D eigenvalue weighted by Gasteiger charge is 2.30. The maximum atomic E-state index is 13.7. The zero-order chi connectivity index (χ0) is 18.1. The van der Waals surface area contributed by atoms with Gasteiger partial charge < -0.3 is 5.32 Å². The summed E-state index contributed by atoms with van der Waals surface area (Å²) in [6.07, 6.45) is 8.76. The minimum atomic E-state index is -0.655. The van der Waals surface area contributed by atoms with E-state index in [1.54, 1.807) is 0 Å². The lowest BCUT2D eigenvalue weighted by molar-refractivity contribution is -0.118. The summed E-state index contributed by atoms with van der Waals surface area (Å²) in [6, 6.07) is 3.36. The second kappa shape index (κ2) is 7.01. The van der Waals surface area contributed by atoms with E-state index in [1.807, 2.05) is 11.2 Å². The molecule has 0 radical (unpaired) electrons. The molecule has 1 amide bonds. The van der Waals surface area contributed by atoms with Crippen molar-refractivity contribution in [1.29, 1.82) is 0 Å². The third kappa shape index (κ3) is 3.40. The Morgan fingerprint density at radius 3 is 2.88 bits per heavy atom. The molecule has 3 aliphatic heterocycles. The molecule has 7 heteroatoms. The van der Waals surface area contributed by atoms with E-state index in [0.29, 0.717) is 12.0 Å². The highest BCUT2D eigenvalue weighted by molar-refractivity contribution is 5.93. The monoisotopic (exact) mass is 358 g/mol. The third-order valence-electron chi connectivity index (χ3n) is 4.78. The Kier molecular flexibility index (Phi) is 4.57. The fourth-order valence-corrected chi connectivity index (χ4v) is 3.38. The standard InChI is InChI=1S/C19H20F2N4O/c20-16-5-3-14(18(21)9-16)10-22-19(26)15-4-6-17-12-23-7-1-2-8-24(13-23)25(17)11-15/h1-3,5-6,9,11H,4,7-8,10,12-13H2,(H,22,26). The van der Waals surface area contributed by atoms with Crippen molar-refractivity contribution in [3.8, 4) is 0 Å². The van der Waals surface area contributed by atoms with Crippen LogP contribution in [-0.4, -0.2) is 47.1 Å². The molecule has 4 rings (SSSR count). The molecule has 1 fully saturated rings. The Bertz CT molecular complexity index is 818. The molecular weight excluding hydrogens is 338 g/mol. The van der Waals surface area contributed by atoms with Gasteiger partial charge in [0.25, 0.3) is 0 Å². The van der Waals surface area contributed by atoms with Crippen LogP contribution in [0.1, 0.15) is 12.0 Å². The summed E-state index contributed by atoms with van der Waals surface area (Å²) in [5, 5.41) is 6.94. The van der Waals surface area contributed by atoms with Gasteiger partial charge >= 0.3 is 0 Å². The molecule has 1 N–H and O–H groups in total. The predicted molar refractivity (Wildman–Crippen MR) is 93.1 cm³/mol. The lowest BCUT2D eigenvalue weighted by Crippen LogP contribution is -2.53. The van der Waals surface area contributed by atoms with Crippen LogP contribution >= 0.6 is 0 Å². The van der Waals surface area contributed by atoms with Crippen molar-refractivity contribution in [1.82, 2.24) is 20.2 Å². The van der Waals surface area contributed by atoms with E-state index in [1.165, 1.54) is 17.8 Å². The summed E-state index contributed by atoms with van der Waals surface area (Å²) in [7, 11) is 0. The molecule has 26 heavy (non-hydrogen) atoms. The summed E-state index contributed by atoms with van der Waals surface area (Å²) >= 11 is 0. The van der Waals surface area contributed by atoms with Crippen molar-refractivity contribution in [2.45, 2.75) is 13.0 Å². The van der Waals surface area contributed by atoms with E-state index < -0.39 is 11.6 Å². The summed E-state index contributed by atoms with van der Waals surface area (Å²) in [4.78, 5) is 14.8. The number of rotatable bonds is 3. The lowest BCUT2D eigenvalue weighted by atomic mass is 10.1. The third-order valence-corrected chi connectivity index (χ3v) is 4.78. The normalized spacial score (nSPS) is 24.3. The molecular formula is C19H20F2N4O. The van der Waals surface area contributed by atoms with Crippen molar-refractivity contribution >= 4 is 5.91 Å². The molecule has 2 atom stereocenters. The number of fused-ring (bicyclic) bond motifs is 4. The summed E-state index contributed by atoms with van der Waals surface area (Å²) in [5.74, 6) is -1.52. The van der Waals surface area contributed by atoms with E-state index in [2.05, 4.69) is 33.5 Å². The Hall–Kier alpha value is -2.51. The first-order chi connectivity index (χ1) is 12.6. The number of hydrogen-bond acceptors (Lipinski definition) is 4. The van der Waals surface area contributed by atoms with Crippen LogP contribution in [0.4, 0.5) is 8.78 Å². The van der Waals surface area contributed by atoms with Crippen LogP contribution < -0.4 is 5.32 Å². The number of amides is 1. The highest BCUT2D eigenvalue weighted by Crippen LogP contribution is 2.26. The molecule has 0 spiro atoms. The molecule has 3 aliphatic rings. The first-order valence-corrected chi connectivity index (χ1v) is 8.63. The van der Waals surface area contributed by atoms with Crippen LogP contribution in [0.15, 0.2) is 53.9 Å². The summed E-state index contributed by atoms with van der Waals surface area (Å²) < 4.78 is 26.7. The topological polar surface area (TPSA) is 38.8 Å². The Balaban J connectivity index is 1.44. The number of benzene rings is 1. The minimum absolute atomic E-state index is 0.0269. The lowest BCUT2D eigenvalue weighted by Gasteiger charge is -2.44. The average molecular weight is 358 g/mol. The van der Waals surface area contributed by atoms with Gasteiger partial charge in [0.1, 0.15) is 11.6 Å². The summed E-state index contributed by atoms with van der Waals surface area (Å²) in [6.45, 7) is 3.42. The van der Waals surface area contributed by atoms with Crippen LogP contribution in [0.2, 0.25) is 0 Å². The van der Waals surface area contributed by atoms with Gasteiger partial charge in [0.15, 0.2) is 0 Å². The van der Waals surface area contributed by atoms with Gasteiger partial charge in [0.05, 0.1) is 6.67 Å². The smallest absolute Gasteiger partial charge is 0.249 e. The van der Waals surface area contributed by atoms with Crippen molar-refractivity contribution in [3.05, 3.63) is 71.1 Å². The first-order valence-electron chi connectivity index (χ1n) is 8.63. The molecule has 0 saturated carbocycles. The fourth-order valence-electron chi connectivity index (χ4n) is 3.38. The van der Waals surface area contributed by atoms with Crippen LogP contribution in [-0.2, 0) is 11.3 Å². The van der Waals surface area contributed by atoms with Crippen LogP contribution in [0.5, 0.6) is 0 Å². The summed E-state index contributed by atoms with van der Waals surface area (Å²) in [5.41, 5.74) is 2.05. The zero-order valence-electron chi connectivity index (χ0n) is 14.3. The van der Waals surface area contributed by atoms with Crippen LogP contribution in [0.25, 0.3) is 0 Å². The molecule has 1 aromatic carbocycles. The molecule has 2 unspecified atom stereocenters. The maximum absolute atomic E-state index is 13.7. The van der Waals surface area contributed by atoms with E-state index in [0.717, 1.165) is 32.4 Å². The van der Waals surface area contributed by atoms with E-state index in [-0.39, 0.29) is 18.0 Å². The number of carbonyl (C=O) groups is 1. The predicted octanol–water partition coefficient (Wildman–Crippen LogP) is 2.11. The van der Waals surface area contributed by atoms with Crippen LogP contribution in [0, 0.1) is 11.6 Å². The number of nitrogens with zero attached hydrogens (tertiary/aromatic N) is 3. The quantitative estimate of drug-likeness (QED) is 0.840. The molecule has 3 heterocycles. The van der Waals surface area contributed by atoms with Gasteiger partial charge in [-0.25, -0.2) is 8.78 Å². The van der Waals surface area contributed by atoms with Gasteiger partial charge in [-0.1, -0.05) is 24.3 Å². The molecule has 1 saturated heterocycles. The van der Waals surface area contributed by atoms with E-state index in [4.69, 9.17) is 0 Å². The number of carbonyl (C=O) groups excluding carboxylic acids is 1. The van der Waals surface area contributed by atoms with E-state index >= 15 is 0 Å². The molecule has 5 nitrogen and oxygen atoms in total. The van der Waals surface area contributed by atoms with Gasteiger partial charge in [-0.15, -0.1) is 0 Å². The SMILES string of the molecule is O=C(NCc1ccc(F)cc1F)C1=CN2C(=CC1)CN1CC=CCN2C1. The number of allylic oxidation sites excluding steroid dienone is 1. The molecule has 0 aromatic heterocycles. The van der Waals surface area contributed by atoms with Gasteiger partial charge in [0.2, 0.25) is 5.91 Å². The Morgan fingerprint density at radius 1 is 1.19 bits per heavy atom. The minimum Gasteiger partial charge on any atom is -0.348 e. The van der Waals surface area contributed by atoms with Crippen molar-refractivity contribution < 1.29 is 13.6 Å². The second-order valence-electron chi connectivity index (χ2n) is 6.63. The number of nitrogens with one attached hydrogen (secondary N) is 1. The molecule has 0 aliphatic carbocycles. The average Bonchev–Trinajstić information content (AvgIpc) is 2.83.